The van der Waals surface area contributed by atoms with Crippen molar-refractivity contribution in [1.82, 2.24) is 0 Å². The Labute approximate surface area is 93.8 Å². The number of rotatable bonds is 5. The molecule has 0 spiro atoms. The van der Waals surface area contributed by atoms with Crippen LogP contribution < -0.4 is 0 Å². The van der Waals surface area contributed by atoms with Gasteiger partial charge in [-0.25, -0.2) is 8.78 Å². The van der Waals surface area contributed by atoms with Crippen LogP contribution in [0.25, 0.3) is 0 Å². The van der Waals surface area contributed by atoms with Gasteiger partial charge in [0, 0.05) is 18.9 Å². The van der Waals surface area contributed by atoms with Gasteiger partial charge >= 0.3 is 0 Å². The van der Waals surface area contributed by atoms with Gasteiger partial charge in [0.1, 0.15) is 17.4 Å². The van der Waals surface area contributed by atoms with Gasteiger partial charge in [-0.1, -0.05) is 25.1 Å². The molecule has 3 heteroatoms. The molecule has 1 rings (SSSR count). The van der Waals surface area contributed by atoms with Crippen LogP contribution in [0, 0.1) is 11.6 Å². The van der Waals surface area contributed by atoms with Crippen molar-refractivity contribution >= 4 is 5.78 Å². The fraction of sp³-hybridized carbons (Fsp3) is 0.308. The van der Waals surface area contributed by atoms with E-state index < -0.39 is 11.6 Å². The number of hydrogen-bond acceptors (Lipinski definition) is 1. The minimum Gasteiger partial charge on any atom is -0.299 e. The number of allylic oxidation sites excluding steroid dienone is 1. The lowest BCUT2D eigenvalue weighted by Crippen LogP contribution is -2.05. The highest BCUT2D eigenvalue weighted by Gasteiger charge is 2.09. The van der Waals surface area contributed by atoms with Crippen molar-refractivity contribution in [2.24, 2.45) is 0 Å². The number of carbonyl (C=O) groups is 1. The Kier molecular flexibility index (Phi) is 4.35. The van der Waals surface area contributed by atoms with Crippen LogP contribution >= 0.6 is 0 Å². The van der Waals surface area contributed by atoms with E-state index in [1.807, 2.05) is 6.92 Å². The minimum absolute atomic E-state index is 0.00880. The number of carbonyl (C=O) groups excluding carboxylic acids is 1. The number of hydrogen-bond donors (Lipinski definition) is 0. The van der Waals surface area contributed by atoms with E-state index in [0.717, 1.165) is 24.1 Å². The Morgan fingerprint density at radius 3 is 2.62 bits per heavy atom. The molecular formula is C13H14F2O. The molecule has 0 aromatic heterocycles. The molecule has 0 heterocycles. The molecule has 0 N–H and O–H groups in total. The molecule has 1 aromatic rings. The molecule has 0 atom stereocenters. The highest BCUT2D eigenvalue weighted by molar-refractivity contribution is 5.82. The van der Waals surface area contributed by atoms with Crippen LogP contribution in [0.5, 0.6) is 0 Å². The summed E-state index contributed by atoms with van der Waals surface area (Å²) in [6.45, 7) is 5.63. The quantitative estimate of drug-likeness (QED) is 0.700. The molecule has 0 radical (unpaired) electrons. The number of ketones is 1. The molecule has 0 aliphatic rings. The van der Waals surface area contributed by atoms with Crippen molar-refractivity contribution in [3.63, 3.8) is 0 Å². The first-order valence-corrected chi connectivity index (χ1v) is 5.15. The Hall–Kier alpha value is -1.51. The molecule has 0 aliphatic carbocycles. The standard InChI is InChI=1S/C13H14F2O/c1-3-9(2)6-12(16)7-10-4-5-11(14)8-13(10)15/h4-5,8H,2-3,6-7H2,1H3. The lowest BCUT2D eigenvalue weighted by atomic mass is 10.0. The van der Waals surface area contributed by atoms with Crippen molar-refractivity contribution in [2.75, 3.05) is 0 Å². The highest BCUT2D eigenvalue weighted by atomic mass is 19.1. The first kappa shape index (κ1) is 12.6. The molecule has 0 saturated carbocycles. The van der Waals surface area contributed by atoms with Gasteiger partial charge in [0.05, 0.1) is 0 Å². The topological polar surface area (TPSA) is 17.1 Å². The fourth-order valence-corrected chi connectivity index (χ4v) is 1.34. The third-order valence-electron chi connectivity index (χ3n) is 2.35. The minimum atomic E-state index is -0.671. The van der Waals surface area contributed by atoms with E-state index in [9.17, 15) is 13.6 Å². The summed E-state index contributed by atoms with van der Waals surface area (Å²) in [6, 6.07) is 3.24. The molecule has 0 unspecified atom stereocenters. The molecular weight excluding hydrogens is 210 g/mol. The predicted octanol–water partition coefficient (Wildman–Crippen LogP) is 3.43. The Balaban J connectivity index is 2.66. The summed E-state index contributed by atoms with van der Waals surface area (Å²) in [7, 11) is 0. The van der Waals surface area contributed by atoms with Crippen molar-refractivity contribution in [2.45, 2.75) is 26.2 Å². The first-order valence-electron chi connectivity index (χ1n) is 5.15. The van der Waals surface area contributed by atoms with Crippen LogP contribution in [0.15, 0.2) is 30.4 Å². The van der Waals surface area contributed by atoms with E-state index in [4.69, 9.17) is 0 Å². The van der Waals surface area contributed by atoms with E-state index >= 15 is 0 Å². The van der Waals surface area contributed by atoms with Gasteiger partial charge < -0.3 is 0 Å². The van der Waals surface area contributed by atoms with Crippen LogP contribution in [0.2, 0.25) is 0 Å². The van der Waals surface area contributed by atoms with Crippen LogP contribution in [-0.2, 0) is 11.2 Å². The number of halogens is 2. The van der Waals surface area contributed by atoms with E-state index in [0.29, 0.717) is 0 Å². The van der Waals surface area contributed by atoms with Crippen LogP contribution in [0.3, 0.4) is 0 Å². The van der Waals surface area contributed by atoms with Crippen LogP contribution in [0.1, 0.15) is 25.3 Å². The Bertz CT molecular complexity index is 410. The van der Waals surface area contributed by atoms with Crippen LogP contribution in [0.4, 0.5) is 8.78 Å². The zero-order valence-corrected chi connectivity index (χ0v) is 9.22. The van der Waals surface area contributed by atoms with Gasteiger partial charge in [-0.3, -0.25) is 4.79 Å². The predicted molar refractivity (Wildman–Crippen MR) is 59.1 cm³/mol. The summed E-state index contributed by atoms with van der Waals surface area (Å²) >= 11 is 0. The fourth-order valence-electron chi connectivity index (χ4n) is 1.34. The zero-order valence-electron chi connectivity index (χ0n) is 9.22. The molecule has 0 aliphatic heterocycles. The van der Waals surface area contributed by atoms with Crippen molar-refractivity contribution in [3.8, 4) is 0 Å². The second-order valence-corrected chi connectivity index (χ2v) is 3.73. The van der Waals surface area contributed by atoms with Gasteiger partial charge in [0.15, 0.2) is 0 Å². The summed E-state index contributed by atoms with van der Waals surface area (Å²) in [5.74, 6) is -1.40. The molecule has 86 valence electrons. The van der Waals surface area contributed by atoms with Gasteiger partial charge in [0.25, 0.3) is 0 Å². The maximum absolute atomic E-state index is 13.2. The van der Waals surface area contributed by atoms with E-state index in [1.165, 1.54) is 6.07 Å². The lowest BCUT2D eigenvalue weighted by molar-refractivity contribution is -0.117. The molecule has 0 amide bonds. The zero-order chi connectivity index (χ0) is 12.1. The summed E-state index contributed by atoms with van der Waals surface area (Å²) in [4.78, 5) is 11.5. The molecule has 16 heavy (non-hydrogen) atoms. The molecule has 0 saturated heterocycles. The number of benzene rings is 1. The van der Waals surface area contributed by atoms with Gasteiger partial charge in [-0.15, -0.1) is 0 Å². The maximum atomic E-state index is 13.2. The maximum Gasteiger partial charge on any atom is 0.141 e. The summed E-state index contributed by atoms with van der Waals surface area (Å²) in [6.07, 6.45) is 0.982. The largest absolute Gasteiger partial charge is 0.299 e. The SMILES string of the molecule is C=C(CC)CC(=O)Cc1ccc(F)cc1F. The smallest absolute Gasteiger partial charge is 0.141 e. The Morgan fingerprint density at radius 1 is 1.38 bits per heavy atom. The lowest BCUT2D eigenvalue weighted by Gasteiger charge is -2.04. The number of Topliss-reactive ketones (excluding diaryl/α,β-unsaturated/α-hetero) is 1. The van der Waals surface area contributed by atoms with Crippen molar-refractivity contribution in [1.29, 1.82) is 0 Å². The molecule has 0 fully saturated rings. The monoisotopic (exact) mass is 224 g/mol. The van der Waals surface area contributed by atoms with Crippen molar-refractivity contribution in [3.05, 3.63) is 47.5 Å². The first-order chi connectivity index (χ1) is 7.52. The van der Waals surface area contributed by atoms with Gasteiger partial charge in [-0.2, -0.15) is 0 Å². The van der Waals surface area contributed by atoms with Gasteiger partial charge in [-0.05, 0) is 18.1 Å². The summed E-state index contributed by atoms with van der Waals surface area (Å²) < 4.78 is 25.8. The van der Waals surface area contributed by atoms with E-state index in [2.05, 4.69) is 6.58 Å². The molecule has 0 bridgehead atoms. The van der Waals surface area contributed by atoms with Crippen LogP contribution in [-0.4, -0.2) is 5.78 Å². The average Bonchev–Trinajstić information content (AvgIpc) is 2.22. The summed E-state index contributed by atoms with van der Waals surface area (Å²) in [5, 5.41) is 0. The molecule has 1 aromatic carbocycles. The molecule has 1 nitrogen and oxygen atoms in total. The average molecular weight is 224 g/mol. The van der Waals surface area contributed by atoms with E-state index in [1.54, 1.807) is 0 Å². The highest BCUT2D eigenvalue weighted by Crippen LogP contribution is 2.13. The van der Waals surface area contributed by atoms with Gasteiger partial charge in [0.2, 0.25) is 0 Å². The van der Waals surface area contributed by atoms with E-state index in [-0.39, 0.29) is 24.2 Å². The third kappa shape index (κ3) is 3.57. The summed E-state index contributed by atoms with van der Waals surface area (Å²) in [5.41, 5.74) is 1.06. The third-order valence-corrected chi connectivity index (χ3v) is 2.35. The second-order valence-electron chi connectivity index (χ2n) is 3.73. The second kappa shape index (κ2) is 5.54. The van der Waals surface area contributed by atoms with Crippen molar-refractivity contribution < 1.29 is 13.6 Å². The Morgan fingerprint density at radius 2 is 2.06 bits per heavy atom. The normalized spacial score (nSPS) is 10.2.